The fourth-order valence-corrected chi connectivity index (χ4v) is 1.58. The summed E-state index contributed by atoms with van der Waals surface area (Å²) in [6.45, 7) is 0.524. The second-order valence-corrected chi connectivity index (χ2v) is 5.31. The van der Waals surface area contributed by atoms with E-state index in [1.54, 1.807) is 0 Å². The second kappa shape index (κ2) is 5.11. The van der Waals surface area contributed by atoms with Crippen molar-refractivity contribution in [3.8, 4) is 0 Å². The van der Waals surface area contributed by atoms with E-state index in [4.69, 9.17) is 17.5 Å². The van der Waals surface area contributed by atoms with E-state index in [1.165, 1.54) is 0 Å². The fourth-order valence-electron chi connectivity index (χ4n) is 1.16. The standard InChI is InChI=1S/C6H13BNO7P/c1-16(12,13)14-2-3-5(9)8(11)6(10)4(7)15-3/h3-6,9-11H,2H2,1H3,(H,12,13). The van der Waals surface area contributed by atoms with Gasteiger partial charge in [0.15, 0.2) is 6.23 Å². The number of ether oxygens (including phenoxy) is 1. The number of aliphatic hydroxyl groups is 2. The Morgan fingerprint density at radius 2 is 2.06 bits per heavy atom. The highest BCUT2D eigenvalue weighted by Crippen LogP contribution is 2.37. The largest absolute Gasteiger partial charge is 0.374 e. The van der Waals surface area contributed by atoms with Gasteiger partial charge in [0.2, 0.25) is 0 Å². The lowest BCUT2D eigenvalue weighted by Crippen LogP contribution is -2.60. The van der Waals surface area contributed by atoms with Crippen LogP contribution in [0.1, 0.15) is 0 Å². The van der Waals surface area contributed by atoms with Crippen LogP contribution in [-0.2, 0) is 13.8 Å². The number of rotatable bonds is 3. The Morgan fingerprint density at radius 3 is 2.56 bits per heavy atom. The Bertz CT molecular complexity index is 286. The number of hydrogen-bond acceptors (Lipinski definition) is 7. The zero-order valence-electron chi connectivity index (χ0n) is 8.50. The van der Waals surface area contributed by atoms with Gasteiger partial charge < -0.3 is 29.6 Å². The lowest BCUT2D eigenvalue weighted by atomic mass is 9.96. The van der Waals surface area contributed by atoms with Crippen molar-refractivity contribution in [2.24, 2.45) is 0 Å². The molecule has 5 atom stereocenters. The molecule has 0 aliphatic carbocycles. The van der Waals surface area contributed by atoms with E-state index >= 15 is 0 Å². The third-order valence-electron chi connectivity index (χ3n) is 1.98. The molecule has 1 heterocycles. The summed E-state index contributed by atoms with van der Waals surface area (Å²) in [7, 11) is 1.58. The predicted octanol–water partition coefficient (Wildman–Crippen LogP) is -1.96. The van der Waals surface area contributed by atoms with Crippen LogP contribution in [0.2, 0.25) is 0 Å². The van der Waals surface area contributed by atoms with E-state index in [0.717, 1.165) is 6.66 Å². The van der Waals surface area contributed by atoms with Gasteiger partial charge in [-0.05, 0) is 0 Å². The van der Waals surface area contributed by atoms with Crippen molar-refractivity contribution in [1.82, 2.24) is 5.06 Å². The fraction of sp³-hybridized carbons (Fsp3) is 1.00. The molecule has 0 spiro atoms. The molecule has 1 rings (SSSR count). The molecular formula is C6H13BNO7P. The number of hydrogen-bond donors (Lipinski definition) is 4. The van der Waals surface area contributed by atoms with Crippen LogP contribution in [0.4, 0.5) is 0 Å². The maximum atomic E-state index is 10.8. The smallest absolute Gasteiger partial charge is 0.325 e. The minimum atomic E-state index is -3.71. The van der Waals surface area contributed by atoms with Gasteiger partial charge in [0.1, 0.15) is 20.2 Å². The number of aliphatic hydroxyl groups excluding tert-OH is 2. The van der Waals surface area contributed by atoms with Crippen molar-refractivity contribution in [2.75, 3.05) is 13.3 Å². The summed E-state index contributed by atoms with van der Waals surface area (Å²) in [6, 6.07) is -1.25. The van der Waals surface area contributed by atoms with Gasteiger partial charge in [-0.1, -0.05) is 0 Å². The lowest BCUT2D eigenvalue weighted by molar-refractivity contribution is -0.347. The number of hydroxylamine groups is 2. The minimum absolute atomic E-state index is 0.195. The Kier molecular flexibility index (Phi) is 4.50. The molecule has 0 aromatic heterocycles. The first-order valence-electron chi connectivity index (χ1n) is 4.41. The molecule has 0 bridgehead atoms. The highest BCUT2D eigenvalue weighted by molar-refractivity contribution is 7.51. The third kappa shape index (κ3) is 3.51. The molecule has 0 aromatic carbocycles. The zero-order valence-corrected chi connectivity index (χ0v) is 9.40. The molecule has 1 fully saturated rings. The van der Waals surface area contributed by atoms with Gasteiger partial charge in [0.25, 0.3) is 0 Å². The summed E-state index contributed by atoms with van der Waals surface area (Å²) in [5.74, 6) is 0. The van der Waals surface area contributed by atoms with Crippen molar-refractivity contribution in [2.45, 2.75) is 24.6 Å². The topological polar surface area (TPSA) is 120 Å². The van der Waals surface area contributed by atoms with Crippen LogP contribution in [0.3, 0.4) is 0 Å². The normalized spacial score (nSPS) is 40.6. The quantitative estimate of drug-likeness (QED) is 0.338. The van der Waals surface area contributed by atoms with Crippen molar-refractivity contribution in [3.63, 3.8) is 0 Å². The maximum absolute atomic E-state index is 10.8. The third-order valence-corrected chi connectivity index (χ3v) is 2.61. The summed E-state index contributed by atoms with van der Waals surface area (Å²) in [6.07, 6.45) is -4.31. The van der Waals surface area contributed by atoms with Gasteiger partial charge in [0.05, 0.1) is 12.6 Å². The molecule has 0 amide bonds. The Morgan fingerprint density at radius 1 is 1.50 bits per heavy atom. The predicted molar refractivity (Wildman–Crippen MR) is 51.8 cm³/mol. The zero-order chi connectivity index (χ0) is 12.5. The van der Waals surface area contributed by atoms with Crippen molar-refractivity contribution in [3.05, 3.63) is 0 Å². The lowest BCUT2D eigenvalue weighted by Gasteiger charge is -2.41. The molecule has 1 saturated heterocycles. The van der Waals surface area contributed by atoms with Crippen LogP contribution < -0.4 is 0 Å². The van der Waals surface area contributed by atoms with E-state index in [2.05, 4.69) is 4.52 Å². The first-order chi connectivity index (χ1) is 7.22. The van der Waals surface area contributed by atoms with Gasteiger partial charge in [-0.15, -0.1) is 5.06 Å². The van der Waals surface area contributed by atoms with E-state index in [-0.39, 0.29) is 5.06 Å². The van der Waals surface area contributed by atoms with E-state index in [1.807, 2.05) is 0 Å². The minimum Gasteiger partial charge on any atom is -0.374 e. The van der Waals surface area contributed by atoms with Gasteiger partial charge in [-0.25, -0.2) is 0 Å². The molecule has 0 saturated carbocycles. The Balaban J connectivity index is 2.57. The summed E-state index contributed by atoms with van der Waals surface area (Å²) in [5.41, 5.74) is 0. The summed E-state index contributed by atoms with van der Waals surface area (Å²) in [4.78, 5) is 8.86. The summed E-state index contributed by atoms with van der Waals surface area (Å²) >= 11 is 0. The van der Waals surface area contributed by atoms with Crippen LogP contribution in [0.15, 0.2) is 0 Å². The van der Waals surface area contributed by atoms with Crippen molar-refractivity contribution >= 4 is 15.4 Å². The highest BCUT2D eigenvalue weighted by Gasteiger charge is 2.40. The van der Waals surface area contributed by atoms with Crippen LogP contribution in [0.25, 0.3) is 0 Å². The first kappa shape index (κ1) is 14.1. The van der Waals surface area contributed by atoms with E-state index in [9.17, 15) is 20.0 Å². The second-order valence-electron chi connectivity index (χ2n) is 3.45. The average Bonchev–Trinajstić information content (AvgIpc) is 2.17. The van der Waals surface area contributed by atoms with Crippen LogP contribution in [0, 0.1) is 0 Å². The molecule has 1 aliphatic rings. The molecule has 4 N–H and O–H groups in total. The SMILES string of the molecule is [B]C1OC(COP(C)(=O)O)C(O)N(O)C1O. The molecule has 92 valence electrons. The summed E-state index contributed by atoms with van der Waals surface area (Å²) < 4.78 is 20.2. The van der Waals surface area contributed by atoms with E-state index < -0.39 is 38.8 Å². The Hall–Kier alpha value is 0.0149. The molecule has 2 radical (unpaired) electrons. The molecular weight excluding hydrogens is 240 g/mol. The van der Waals surface area contributed by atoms with Gasteiger partial charge in [-0.2, -0.15) is 0 Å². The summed E-state index contributed by atoms with van der Waals surface area (Å²) in [5, 5.41) is 28.0. The van der Waals surface area contributed by atoms with Gasteiger partial charge in [-0.3, -0.25) is 4.57 Å². The average molecular weight is 253 g/mol. The first-order valence-corrected chi connectivity index (χ1v) is 6.44. The molecule has 1 aliphatic heterocycles. The molecule has 5 unspecified atom stereocenters. The van der Waals surface area contributed by atoms with Gasteiger partial charge in [0, 0.05) is 6.66 Å². The van der Waals surface area contributed by atoms with Crippen LogP contribution in [-0.4, -0.2) is 71.1 Å². The molecule has 8 nitrogen and oxygen atoms in total. The highest BCUT2D eigenvalue weighted by atomic mass is 31.2. The number of morpholine rings is 1. The molecule has 16 heavy (non-hydrogen) atoms. The van der Waals surface area contributed by atoms with Crippen LogP contribution in [0.5, 0.6) is 0 Å². The van der Waals surface area contributed by atoms with E-state index in [0.29, 0.717) is 0 Å². The van der Waals surface area contributed by atoms with Crippen molar-refractivity contribution < 1.29 is 34.1 Å². The number of nitrogens with zero attached hydrogens (tertiary/aromatic N) is 1. The maximum Gasteiger partial charge on any atom is 0.325 e. The van der Waals surface area contributed by atoms with Crippen LogP contribution >= 0.6 is 7.60 Å². The van der Waals surface area contributed by atoms with Crippen molar-refractivity contribution in [1.29, 1.82) is 0 Å². The molecule has 0 aromatic rings. The monoisotopic (exact) mass is 253 g/mol. The van der Waals surface area contributed by atoms with Gasteiger partial charge >= 0.3 is 7.60 Å². The molecule has 10 heteroatoms. The Labute approximate surface area is 93.3 Å².